The van der Waals surface area contributed by atoms with Crippen LogP contribution < -0.4 is 15.8 Å². The third-order valence-corrected chi connectivity index (χ3v) is 4.30. The molecule has 27 heavy (non-hydrogen) atoms. The molecule has 0 radical (unpaired) electrons. The quantitative estimate of drug-likeness (QED) is 0.561. The van der Waals surface area contributed by atoms with Gasteiger partial charge in [0.25, 0.3) is 0 Å². The van der Waals surface area contributed by atoms with Gasteiger partial charge >= 0.3 is 0 Å². The van der Waals surface area contributed by atoms with Gasteiger partial charge in [0.2, 0.25) is 17.7 Å². The molecule has 2 aromatic heterocycles. The second kappa shape index (κ2) is 6.60. The van der Waals surface area contributed by atoms with Crippen LogP contribution in [0.2, 0.25) is 0 Å². The lowest BCUT2D eigenvalue weighted by atomic mass is 10.1. The van der Waals surface area contributed by atoms with E-state index in [2.05, 4.69) is 20.3 Å². The van der Waals surface area contributed by atoms with Crippen LogP contribution in [-0.2, 0) is 0 Å². The van der Waals surface area contributed by atoms with E-state index in [-0.39, 0.29) is 5.95 Å². The van der Waals surface area contributed by atoms with Gasteiger partial charge in [-0.05, 0) is 37.6 Å². The molecule has 0 amide bonds. The van der Waals surface area contributed by atoms with E-state index in [1.54, 1.807) is 7.11 Å². The number of nitrogens with one attached hydrogen (secondary N) is 1. The number of para-hydroxylation sites is 1. The number of hydrogen-bond acceptors (Lipinski definition) is 7. The summed E-state index contributed by atoms with van der Waals surface area (Å²) < 4.78 is 11.3. The summed E-state index contributed by atoms with van der Waals surface area (Å²) in [6.07, 6.45) is 0. The maximum atomic E-state index is 5.95. The van der Waals surface area contributed by atoms with E-state index < -0.39 is 0 Å². The Labute approximate surface area is 156 Å². The van der Waals surface area contributed by atoms with Crippen molar-refractivity contribution in [2.75, 3.05) is 18.2 Å². The predicted molar refractivity (Wildman–Crippen MR) is 105 cm³/mol. The predicted octanol–water partition coefficient (Wildman–Crippen LogP) is 4.24. The van der Waals surface area contributed by atoms with Crippen LogP contribution in [0.1, 0.15) is 11.1 Å². The first kappa shape index (κ1) is 16.8. The smallest absolute Gasteiger partial charge is 0.232 e. The Morgan fingerprint density at radius 3 is 2.63 bits per heavy atom. The lowest BCUT2D eigenvalue weighted by molar-refractivity contribution is 0.416. The average molecular weight is 361 g/mol. The Hall–Kier alpha value is -3.61. The van der Waals surface area contributed by atoms with Crippen molar-refractivity contribution in [3.8, 4) is 17.3 Å². The molecule has 136 valence electrons. The standard InChI is InChI=1S/C20H19N5O2/c1-11-8-9-16(26-3)14(10-11)22-20-24-18(23-19(21)25-20)17-12(2)13-6-4-5-7-15(13)27-17/h4-10H,1-3H3,(H3,21,22,23,24,25). The zero-order valence-corrected chi connectivity index (χ0v) is 15.3. The third kappa shape index (κ3) is 3.15. The number of nitrogen functional groups attached to an aromatic ring is 1. The summed E-state index contributed by atoms with van der Waals surface area (Å²) in [6, 6.07) is 13.6. The van der Waals surface area contributed by atoms with Crippen LogP contribution in [0.15, 0.2) is 46.9 Å². The first-order chi connectivity index (χ1) is 13.0. The van der Waals surface area contributed by atoms with Gasteiger partial charge < -0.3 is 20.2 Å². The molecule has 0 aliphatic rings. The number of furan rings is 1. The molecule has 7 heteroatoms. The van der Waals surface area contributed by atoms with Crippen LogP contribution in [-0.4, -0.2) is 22.1 Å². The fraction of sp³-hybridized carbons (Fsp3) is 0.150. The first-order valence-corrected chi connectivity index (χ1v) is 8.47. The summed E-state index contributed by atoms with van der Waals surface area (Å²) in [5.41, 5.74) is 9.47. The van der Waals surface area contributed by atoms with E-state index in [1.165, 1.54) is 0 Å². The fourth-order valence-electron chi connectivity index (χ4n) is 2.98. The van der Waals surface area contributed by atoms with Crippen molar-refractivity contribution in [1.82, 2.24) is 15.0 Å². The average Bonchev–Trinajstić information content (AvgIpc) is 2.99. The summed E-state index contributed by atoms with van der Waals surface area (Å²) >= 11 is 0. The molecule has 4 rings (SSSR count). The molecule has 2 aromatic carbocycles. The van der Waals surface area contributed by atoms with Gasteiger partial charge in [-0.2, -0.15) is 15.0 Å². The normalized spacial score (nSPS) is 10.9. The van der Waals surface area contributed by atoms with Crippen LogP contribution in [0, 0.1) is 13.8 Å². The summed E-state index contributed by atoms with van der Waals surface area (Å²) in [5, 5.41) is 4.17. The van der Waals surface area contributed by atoms with Crippen molar-refractivity contribution in [2.45, 2.75) is 13.8 Å². The molecule has 0 unspecified atom stereocenters. The second-order valence-corrected chi connectivity index (χ2v) is 6.22. The summed E-state index contributed by atoms with van der Waals surface area (Å²) in [4.78, 5) is 12.9. The zero-order chi connectivity index (χ0) is 19.0. The van der Waals surface area contributed by atoms with Crippen molar-refractivity contribution in [2.24, 2.45) is 0 Å². The Morgan fingerprint density at radius 1 is 1.04 bits per heavy atom. The highest BCUT2D eigenvalue weighted by Crippen LogP contribution is 2.32. The number of methoxy groups -OCH3 is 1. The van der Waals surface area contributed by atoms with E-state index in [4.69, 9.17) is 14.9 Å². The number of benzene rings is 2. The molecule has 2 heterocycles. The SMILES string of the molecule is COc1ccc(C)cc1Nc1nc(N)nc(-c2oc3ccccc3c2C)n1. The number of ether oxygens (including phenoxy) is 1. The van der Waals surface area contributed by atoms with Crippen LogP contribution >= 0.6 is 0 Å². The molecule has 0 atom stereocenters. The summed E-state index contributed by atoms with van der Waals surface area (Å²) in [5.74, 6) is 2.06. The third-order valence-electron chi connectivity index (χ3n) is 4.30. The fourth-order valence-corrected chi connectivity index (χ4v) is 2.98. The van der Waals surface area contributed by atoms with E-state index >= 15 is 0 Å². The minimum atomic E-state index is 0.106. The molecule has 0 saturated carbocycles. The molecule has 0 saturated heterocycles. The number of fused-ring (bicyclic) bond motifs is 1. The van der Waals surface area contributed by atoms with Crippen LogP contribution in [0.5, 0.6) is 5.75 Å². The number of nitrogens with two attached hydrogens (primary N) is 1. The molecule has 0 bridgehead atoms. The van der Waals surface area contributed by atoms with Crippen molar-refractivity contribution in [3.05, 3.63) is 53.6 Å². The molecule has 0 spiro atoms. The first-order valence-electron chi connectivity index (χ1n) is 8.47. The van der Waals surface area contributed by atoms with E-state index in [9.17, 15) is 0 Å². The highest BCUT2D eigenvalue weighted by molar-refractivity contribution is 5.86. The second-order valence-electron chi connectivity index (χ2n) is 6.22. The van der Waals surface area contributed by atoms with Gasteiger partial charge in [0, 0.05) is 10.9 Å². The number of anilines is 3. The monoisotopic (exact) mass is 361 g/mol. The van der Waals surface area contributed by atoms with Crippen LogP contribution in [0.4, 0.5) is 17.6 Å². The van der Waals surface area contributed by atoms with Crippen molar-refractivity contribution < 1.29 is 9.15 Å². The molecule has 7 nitrogen and oxygen atoms in total. The number of rotatable bonds is 4. The van der Waals surface area contributed by atoms with Crippen molar-refractivity contribution in [3.63, 3.8) is 0 Å². The maximum absolute atomic E-state index is 5.95. The number of aryl methyl sites for hydroxylation is 2. The highest BCUT2D eigenvalue weighted by atomic mass is 16.5. The lowest BCUT2D eigenvalue weighted by Gasteiger charge is -2.11. The van der Waals surface area contributed by atoms with E-state index in [0.717, 1.165) is 27.8 Å². The summed E-state index contributed by atoms with van der Waals surface area (Å²) in [7, 11) is 1.61. The zero-order valence-electron chi connectivity index (χ0n) is 15.3. The molecule has 0 aliphatic carbocycles. The molecule has 4 aromatic rings. The van der Waals surface area contributed by atoms with Crippen molar-refractivity contribution in [1.29, 1.82) is 0 Å². The summed E-state index contributed by atoms with van der Waals surface area (Å²) in [6.45, 7) is 3.97. The largest absolute Gasteiger partial charge is 0.495 e. The molecule has 0 fully saturated rings. The molecule has 3 N–H and O–H groups in total. The van der Waals surface area contributed by atoms with Gasteiger partial charge in [-0.25, -0.2) is 0 Å². The number of aromatic nitrogens is 3. The lowest BCUT2D eigenvalue weighted by Crippen LogP contribution is -2.06. The minimum absolute atomic E-state index is 0.106. The Balaban J connectivity index is 1.78. The Morgan fingerprint density at radius 2 is 1.85 bits per heavy atom. The van der Waals surface area contributed by atoms with E-state index in [0.29, 0.717) is 23.3 Å². The van der Waals surface area contributed by atoms with Gasteiger partial charge in [-0.3, -0.25) is 0 Å². The topological polar surface area (TPSA) is 99.1 Å². The van der Waals surface area contributed by atoms with Gasteiger partial charge in [0.05, 0.1) is 12.8 Å². The van der Waals surface area contributed by atoms with Crippen LogP contribution in [0.25, 0.3) is 22.6 Å². The van der Waals surface area contributed by atoms with Crippen LogP contribution in [0.3, 0.4) is 0 Å². The highest BCUT2D eigenvalue weighted by Gasteiger charge is 2.17. The Bertz CT molecular complexity index is 1140. The maximum Gasteiger partial charge on any atom is 0.232 e. The van der Waals surface area contributed by atoms with E-state index in [1.807, 2.05) is 56.3 Å². The molecular formula is C20H19N5O2. The Kier molecular flexibility index (Phi) is 4.12. The minimum Gasteiger partial charge on any atom is -0.495 e. The van der Waals surface area contributed by atoms with Gasteiger partial charge in [-0.1, -0.05) is 24.3 Å². The van der Waals surface area contributed by atoms with Gasteiger partial charge in [0.15, 0.2) is 5.76 Å². The molecular weight excluding hydrogens is 342 g/mol. The molecule has 0 aliphatic heterocycles. The van der Waals surface area contributed by atoms with Gasteiger partial charge in [0.1, 0.15) is 11.3 Å². The van der Waals surface area contributed by atoms with Gasteiger partial charge in [-0.15, -0.1) is 0 Å². The van der Waals surface area contributed by atoms with Crippen molar-refractivity contribution >= 4 is 28.6 Å². The number of hydrogen-bond donors (Lipinski definition) is 2. The number of nitrogens with zero attached hydrogens (tertiary/aromatic N) is 3.